The minimum Gasteiger partial charge on any atom is -0.345 e. The van der Waals surface area contributed by atoms with Gasteiger partial charge in [-0.2, -0.15) is 0 Å². The molecule has 124 valence electrons. The second-order valence-electron chi connectivity index (χ2n) is 6.04. The molecular weight excluding hydrogens is 314 g/mol. The average Bonchev–Trinajstić information content (AvgIpc) is 3.08. The Morgan fingerprint density at radius 2 is 1.96 bits per heavy atom. The molecule has 4 rings (SSSR count). The fourth-order valence-electron chi connectivity index (χ4n) is 2.94. The first kappa shape index (κ1) is 15.3. The highest BCUT2D eigenvalue weighted by Crippen LogP contribution is 2.17. The van der Waals surface area contributed by atoms with Crippen LogP contribution in [-0.2, 0) is 6.54 Å². The largest absolute Gasteiger partial charge is 0.345 e. The van der Waals surface area contributed by atoms with Crippen LogP contribution in [0.3, 0.4) is 0 Å². The second-order valence-corrected chi connectivity index (χ2v) is 6.04. The summed E-state index contributed by atoms with van der Waals surface area (Å²) in [5.74, 6) is 0.556. The monoisotopic (exact) mass is 331 g/mol. The Labute approximate surface area is 144 Å². The summed E-state index contributed by atoms with van der Waals surface area (Å²) >= 11 is 0. The van der Waals surface area contributed by atoms with E-state index in [-0.39, 0.29) is 5.91 Å². The van der Waals surface area contributed by atoms with Crippen LogP contribution >= 0.6 is 0 Å². The number of para-hydroxylation sites is 1. The highest BCUT2D eigenvalue weighted by atomic mass is 16.2. The molecule has 0 spiro atoms. The number of hydrogen-bond donors (Lipinski definition) is 1. The van der Waals surface area contributed by atoms with Crippen LogP contribution < -0.4 is 0 Å². The van der Waals surface area contributed by atoms with E-state index < -0.39 is 0 Å². The van der Waals surface area contributed by atoms with Crippen molar-refractivity contribution in [1.29, 1.82) is 0 Å². The number of hydrogen-bond acceptors (Lipinski definition) is 4. The number of rotatable bonds is 3. The molecule has 0 bridgehead atoms. The number of aromatic amines is 1. The Morgan fingerprint density at radius 1 is 1.12 bits per heavy atom. The lowest BCUT2D eigenvalue weighted by Gasteiger charge is -2.17. The van der Waals surface area contributed by atoms with Crippen molar-refractivity contribution >= 4 is 27.8 Å². The fraction of sp³-hybridized carbons (Fsp3) is 0.158. The van der Waals surface area contributed by atoms with E-state index in [9.17, 15) is 4.79 Å². The van der Waals surface area contributed by atoms with Gasteiger partial charge in [0.05, 0.1) is 29.4 Å². The molecule has 2 aromatic heterocycles. The maximum atomic E-state index is 12.7. The lowest BCUT2D eigenvalue weighted by atomic mass is 10.1. The number of imidazole rings is 1. The molecule has 0 atom stereocenters. The maximum Gasteiger partial charge on any atom is 0.254 e. The molecule has 2 aromatic carbocycles. The van der Waals surface area contributed by atoms with Gasteiger partial charge in [0.2, 0.25) is 0 Å². The molecule has 6 nitrogen and oxygen atoms in total. The Morgan fingerprint density at radius 3 is 2.84 bits per heavy atom. The Balaban J connectivity index is 1.60. The molecule has 0 aliphatic heterocycles. The molecule has 0 aliphatic carbocycles. The first-order valence-electron chi connectivity index (χ1n) is 8.03. The van der Waals surface area contributed by atoms with Gasteiger partial charge >= 0.3 is 0 Å². The number of carbonyl (C=O) groups excluding carboxylic acids is 1. The summed E-state index contributed by atoms with van der Waals surface area (Å²) in [6.07, 6.45) is 1.62. The molecule has 0 aliphatic rings. The number of H-pyrrole nitrogens is 1. The van der Waals surface area contributed by atoms with Crippen LogP contribution in [0.2, 0.25) is 0 Å². The van der Waals surface area contributed by atoms with E-state index in [1.165, 1.54) is 0 Å². The Hall–Kier alpha value is -3.28. The zero-order chi connectivity index (χ0) is 17.4. The van der Waals surface area contributed by atoms with E-state index in [0.717, 1.165) is 27.6 Å². The van der Waals surface area contributed by atoms with Crippen LogP contribution in [0.4, 0.5) is 0 Å². The highest BCUT2D eigenvalue weighted by molar-refractivity contribution is 5.97. The molecule has 2 heterocycles. The predicted molar refractivity (Wildman–Crippen MR) is 96.2 cm³/mol. The number of nitrogens with one attached hydrogen (secondary N) is 1. The van der Waals surface area contributed by atoms with Crippen LogP contribution in [0.1, 0.15) is 21.9 Å². The van der Waals surface area contributed by atoms with Gasteiger partial charge in [-0.25, -0.2) is 15.0 Å². The van der Waals surface area contributed by atoms with Crippen LogP contribution in [0, 0.1) is 6.92 Å². The molecule has 0 unspecified atom stereocenters. The number of aryl methyl sites for hydroxylation is 1. The van der Waals surface area contributed by atoms with Gasteiger partial charge in [0.25, 0.3) is 5.91 Å². The SMILES string of the molecule is Cc1nc(CN(C)C(=O)c2ccc3nc[nH]c3c2)nc2ccccc12. The number of nitrogens with zero attached hydrogens (tertiary/aromatic N) is 4. The molecule has 0 fully saturated rings. The first-order chi connectivity index (χ1) is 12.1. The number of amides is 1. The molecule has 0 saturated heterocycles. The van der Waals surface area contributed by atoms with Gasteiger partial charge in [0.1, 0.15) is 5.82 Å². The van der Waals surface area contributed by atoms with Crippen LogP contribution in [0.15, 0.2) is 48.8 Å². The van der Waals surface area contributed by atoms with E-state index in [1.807, 2.05) is 43.3 Å². The lowest BCUT2D eigenvalue weighted by molar-refractivity contribution is 0.0781. The van der Waals surface area contributed by atoms with Gasteiger partial charge in [-0.1, -0.05) is 18.2 Å². The summed E-state index contributed by atoms with van der Waals surface area (Å²) in [5.41, 5.74) is 4.10. The number of carbonyl (C=O) groups is 1. The normalized spacial score (nSPS) is 11.1. The predicted octanol–water partition coefficient (Wildman–Crippen LogP) is 3.09. The van der Waals surface area contributed by atoms with Crippen molar-refractivity contribution in [2.24, 2.45) is 0 Å². The third-order valence-electron chi connectivity index (χ3n) is 4.23. The van der Waals surface area contributed by atoms with Crippen LogP contribution in [-0.4, -0.2) is 37.8 Å². The van der Waals surface area contributed by atoms with Crippen molar-refractivity contribution in [2.45, 2.75) is 13.5 Å². The molecule has 4 aromatic rings. The van der Waals surface area contributed by atoms with Crippen molar-refractivity contribution < 1.29 is 4.79 Å². The number of aromatic nitrogens is 4. The minimum absolute atomic E-state index is 0.0779. The minimum atomic E-state index is -0.0779. The third kappa shape index (κ3) is 2.82. The summed E-state index contributed by atoms with van der Waals surface area (Å²) in [6, 6.07) is 13.3. The lowest BCUT2D eigenvalue weighted by Crippen LogP contribution is -2.27. The first-order valence-corrected chi connectivity index (χ1v) is 8.03. The second kappa shape index (κ2) is 5.98. The zero-order valence-corrected chi connectivity index (χ0v) is 14.0. The van der Waals surface area contributed by atoms with E-state index >= 15 is 0 Å². The van der Waals surface area contributed by atoms with Gasteiger partial charge in [0.15, 0.2) is 0 Å². The van der Waals surface area contributed by atoms with Gasteiger partial charge < -0.3 is 9.88 Å². The summed E-state index contributed by atoms with van der Waals surface area (Å²) in [5, 5.41) is 1.03. The standard InChI is InChI=1S/C19H17N5O/c1-12-14-5-3-4-6-15(14)23-18(22-12)10-24(2)19(25)13-7-8-16-17(9-13)21-11-20-16/h3-9,11H,10H2,1-2H3,(H,20,21). The van der Waals surface area contributed by atoms with E-state index in [4.69, 9.17) is 0 Å². The zero-order valence-electron chi connectivity index (χ0n) is 14.0. The summed E-state index contributed by atoms with van der Waals surface area (Å²) < 4.78 is 0. The van der Waals surface area contributed by atoms with Crippen molar-refractivity contribution in [3.8, 4) is 0 Å². The number of fused-ring (bicyclic) bond motifs is 2. The van der Waals surface area contributed by atoms with Gasteiger partial charge in [-0.3, -0.25) is 4.79 Å². The quantitative estimate of drug-likeness (QED) is 0.626. The molecule has 1 N–H and O–H groups in total. The van der Waals surface area contributed by atoms with Crippen molar-refractivity contribution in [2.75, 3.05) is 7.05 Å². The molecule has 1 amide bonds. The Kier molecular flexibility index (Phi) is 3.65. The maximum absolute atomic E-state index is 12.7. The molecule has 6 heteroatoms. The van der Waals surface area contributed by atoms with Crippen molar-refractivity contribution in [1.82, 2.24) is 24.8 Å². The smallest absolute Gasteiger partial charge is 0.254 e. The van der Waals surface area contributed by atoms with E-state index in [1.54, 1.807) is 24.3 Å². The summed E-state index contributed by atoms with van der Waals surface area (Å²) in [4.78, 5) is 30.6. The summed E-state index contributed by atoms with van der Waals surface area (Å²) in [7, 11) is 1.76. The fourth-order valence-corrected chi connectivity index (χ4v) is 2.94. The molecule has 0 saturated carbocycles. The van der Waals surface area contributed by atoms with E-state index in [0.29, 0.717) is 17.9 Å². The molecule has 0 radical (unpaired) electrons. The van der Waals surface area contributed by atoms with Gasteiger partial charge in [-0.15, -0.1) is 0 Å². The van der Waals surface area contributed by atoms with Gasteiger partial charge in [-0.05, 0) is 31.2 Å². The number of benzene rings is 2. The van der Waals surface area contributed by atoms with Crippen LogP contribution in [0.5, 0.6) is 0 Å². The summed E-state index contributed by atoms with van der Waals surface area (Å²) in [6.45, 7) is 2.31. The van der Waals surface area contributed by atoms with Crippen molar-refractivity contribution in [3.05, 3.63) is 65.9 Å². The van der Waals surface area contributed by atoms with E-state index in [2.05, 4.69) is 19.9 Å². The Bertz CT molecular complexity index is 1090. The topological polar surface area (TPSA) is 74.8 Å². The average molecular weight is 331 g/mol. The van der Waals surface area contributed by atoms with Crippen LogP contribution in [0.25, 0.3) is 21.9 Å². The molecular formula is C19H17N5O. The highest BCUT2D eigenvalue weighted by Gasteiger charge is 2.15. The van der Waals surface area contributed by atoms with Crippen molar-refractivity contribution in [3.63, 3.8) is 0 Å². The molecule has 25 heavy (non-hydrogen) atoms. The van der Waals surface area contributed by atoms with Gasteiger partial charge in [0, 0.05) is 23.7 Å². The third-order valence-corrected chi connectivity index (χ3v) is 4.23.